The van der Waals surface area contributed by atoms with Crippen LogP contribution in [0.5, 0.6) is 0 Å². The fraction of sp³-hybridized carbons (Fsp3) is 0.562. The van der Waals surface area contributed by atoms with E-state index in [1.807, 2.05) is 6.92 Å². The maximum absolute atomic E-state index is 11.6. The lowest BCUT2D eigenvalue weighted by Crippen LogP contribution is -2.27. The number of carbonyl (C=O) groups is 1. The SMILES string of the molecule is CCC=C(C)CCC=C(C)C1=CC(=O)C(C)(C)O1. The van der Waals surface area contributed by atoms with Gasteiger partial charge in [0.15, 0.2) is 5.60 Å². The van der Waals surface area contributed by atoms with Crippen LogP contribution in [0, 0.1) is 0 Å². The van der Waals surface area contributed by atoms with Crippen LogP contribution in [-0.4, -0.2) is 11.4 Å². The van der Waals surface area contributed by atoms with Gasteiger partial charge in [0.1, 0.15) is 5.76 Å². The first-order chi connectivity index (χ1) is 8.36. The molecule has 2 nitrogen and oxygen atoms in total. The molecule has 100 valence electrons. The Morgan fingerprint density at radius 1 is 1.33 bits per heavy atom. The summed E-state index contributed by atoms with van der Waals surface area (Å²) in [4.78, 5) is 11.6. The van der Waals surface area contributed by atoms with Crippen LogP contribution in [0.25, 0.3) is 0 Å². The number of rotatable bonds is 5. The molecule has 0 amide bonds. The van der Waals surface area contributed by atoms with Crippen LogP contribution in [0.3, 0.4) is 0 Å². The van der Waals surface area contributed by atoms with Crippen LogP contribution in [-0.2, 0) is 9.53 Å². The Balaban J connectivity index is 2.56. The monoisotopic (exact) mass is 248 g/mol. The molecule has 0 atom stereocenters. The van der Waals surface area contributed by atoms with E-state index in [2.05, 4.69) is 26.0 Å². The summed E-state index contributed by atoms with van der Waals surface area (Å²) < 4.78 is 5.66. The molecule has 1 heterocycles. The van der Waals surface area contributed by atoms with Crippen LogP contribution in [0.15, 0.2) is 35.1 Å². The maximum Gasteiger partial charge on any atom is 0.202 e. The third-order valence-electron chi connectivity index (χ3n) is 3.15. The largest absolute Gasteiger partial charge is 0.479 e. The van der Waals surface area contributed by atoms with Gasteiger partial charge in [-0.25, -0.2) is 0 Å². The Morgan fingerprint density at radius 3 is 2.50 bits per heavy atom. The lowest BCUT2D eigenvalue weighted by molar-refractivity contribution is -0.126. The molecule has 0 saturated carbocycles. The number of ether oxygens (including phenoxy) is 1. The first-order valence-corrected chi connectivity index (χ1v) is 6.64. The van der Waals surface area contributed by atoms with E-state index in [0.29, 0.717) is 0 Å². The zero-order valence-electron chi connectivity index (χ0n) is 12.2. The minimum atomic E-state index is -0.692. The summed E-state index contributed by atoms with van der Waals surface area (Å²) in [6, 6.07) is 0. The van der Waals surface area contributed by atoms with Gasteiger partial charge in [-0.15, -0.1) is 0 Å². The van der Waals surface area contributed by atoms with E-state index in [1.165, 1.54) is 5.57 Å². The maximum atomic E-state index is 11.6. The van der Waals surface area contributed by atoms with E-state index in [4.69, 9.17) is 4.74 Å². The normalized spacial score (nSPS) is 19.8. The highest BCUT2D eigenvalue weighted by atomic mass is 16.5. The lowest BCUT2D eigenvalue weighted by Gasteiger charge is -2.18. The van der Waals surface area contributed by atoms with Crippen molar-refractivity contribution >= 4 is 5.78 Å². The minimum absolute atomic E-state index is 0.0484. The van der Waals surface area contributed by atoms with Crippen molar-refractivity contribution in [3.63, 3.8) is 0 Å². The predicted molar refractivity (Wildman–Crippen MR) is 75.3 cm³/mol. The molecule has 0 spiro atoms. The van der Waals surface area contributed by atoms with Crippen LogP contribution < -0.4 is 0 Å². The summed E-state index contributed by atoms with van der Waals surface area (Å²) >= 11 is 0. The summed E-state index contributed by atoms with van der Waals surface area (Å²) in [5.41, 5.74) is 1.78. The molecule has 1 aliphatic heterocycles. The van der Waals surface area contributed by atoms with Gasteiger partial charge in [0.2, 0.25) is 5.78 Å². The van der Waals surface area contributed by atoms with Gasteiger partial charge in [0, 0.05) is 6.08 Å². The summed E-state index contributed by atoms with van der Waals surface area (Å²) in [5, 5.41) is 0. The average molecular weight is 248 g/mol. The fourth-order valence-corrected chi connectivity index (χ4v) is 1.91. The second-order valence-corrected chi connectivity index (χ2v) is 5.37. The molecule has 0 saturated heterocycles. The molecule has 0 unspecified atom stereocenters. The molecule has 0 aliphatic carbocycles. The molecular formula is C16H24O2. The Morgan fingerprint density at radius 2 is 2.00 bits per heavy atom. The number of allylic oxidation sites excluding steroid dienone is 4. The van der Waals surface area contributed by atoms with Crippen molar-refractivity contribution in [1.82, 2.24) is 0 Å². The van der Waals surface area contributed by atoms with Gasteiger partial charge in [-0.3, -0.25) is 4.79 Å². The molecule has 0 bridgehead atoms. The van der Waals surface area contributed by atoms with Crippen LogP contribution in [0.2, 0.25) is 0 Å². The molecule has 18 heavy (non-hydrogen) atoms. The van der Waals surface area contributed by atoms with Crippen molar-refractivity contribution in [2.45, 2.75) is 59.5 Å². The van der Waals surface area contributed by atoms with Gasteiger partial charge in [-0.05, 0) is 52.5 Å². The zero-order valence-corrected chi connectivity index (χ0v) is 12.2. The van der Waals surface area contributed by atoms with Gasteiger partial charge in [0.05, 0.1) is 0 Å². The molecule has 0 aromatic carbocycles. The molecule has 0 radical (unpaired) electrons. The fourth-order valence-electron chi connectivity index (χ4n) is 1.91. The first kappa shape index (κ1) is 14.7. The Hall–Kier alpha value is -1.31. The highest BCUT2D eigenvalue weighted by Crippen LogP contribution is 2.28. The Kier molecular flexibility index (Phi) is 4.94. The van der Waals surface area contributed by atoms with Crippen molar-refractivity contribution in [2.24, 2.45) is 0 Å². The number of hydrogen-bond donors (Lipinski definition) is 0. The van der Waals surface area contributed by atoms with E-state index in [9.17, 15) is 4.79 Å². The van der Waals surface area contributed by atoms with E-state index < -0.39 is 5.60 Å². The van der Waals surface area contributed by atoms with E-state index in [1.54, 1.807) is 19.9 Å². The molecule has 0 aromatic heterocycles. The van der Waals surface area contributed by atoms with Gasteiger partial charge >= 0.3 is 0 Å². The molecule has 0 fully saturated rings. The Bertz CT molecular complexity index is 409. The van der Waals surface area contributed by atoms with Gasteiger partial charge in [-0.1, -0.05) is 24.6 Å². The van der Waals surface area contributed by atoms with Crippen molar-refractivity contribution < 1.29 is 9.53 Å². The first-order valence-electron chi connectivity index (χ1n) is 6.64. The standard InChI is InChI=1S/C16H24O2/c1-6-8-12(2)9-7-10-13(3)14-11-15(17)16(4,5)18-14/h8,10-11H,6-7,9H2,1-5H3. The van der Waals surface area contributed by atoms with Crippen molar-refractivity contribution in [2.75, 3.05) is 0 Å². The number of ketones is 1. The molecule has 0 aromatic rings. The quantitative estimate of drug-likeness (QED) is 0.677. The zero-order chi connectivity index (χ0) is 13.8. The molecule has 2 heteroatoms. The summed E-state index contributed by atoms with van der Waals surface area (Å²) in [6.07, 6.45) is 9.15. The smallest absolute Gasteiger partial charge is 0.202 e. The van der Waals surface area contributed by atoms with Gasteiger partial charge in [0.25, 0.3) is 0 Å². The van der Waals surface area contributed by atoms with Crippen LogP contribution in [0.1, 0.15) is 53.9 Å². The molecule has 0 N–H and O–H groups in total. The van der Waals surface area contributed by atoms with E-state index in [0.717, 1.165) is 30.6 Å². The van der Waals surface area contributed by atoms with Crippen LogP contribution in [0.4, 0.5) is 0 Å². The molecule has 1 aliphatic rings. The summed E-state index contributed by atoms with van der Waals surface area (Å²) in [6.45, 7) is 9.92. The van der Waals surface area contributed by atoms with Crippen molar-refractivity contribution in [1.29, 1.82) is 0 Å². The molecular weight excluding hydrogens is 224 g/mol. The summed E-state index contributed by atoms with van der Waals surface area (Å²) in [7, 11) is 0. The van der Waals surface area contributed by atoms with Crippen LogP contribution >= 0.6 is 0 Å². The second kappa shape index (κ2) is 6.03. The third kappa shape index (κ3) is 3.86. The van der Waals surface area contributed by atoms with E-state index >= 15 is 0 Å². The van der Waals surface area contributed by atoms with Crippen molar-refractivity contribution in [3.8, 4) is 0 Å². The topological polar surface area (TPSA) is 26.3 Å². The second-order valence-electron chi connectivity index (χ2n) is 5.37. The number of hydrogen-bond acceptors (Lipinski definition) is 2. The average Bonchev–Trinajstić information content (AvgIpc) is 2.54. The third-order valence-corrected chi connectivity index (χ3v) is 3.15. The van der Waals surface area contributed by atoms with Gasteiger partial charge < -0.3 is 4.74 Å². The minimum Gasteiger partial charge on any atom is -0.479 e. The summed E-state index contributed by atoms with van der Waals surface area (Å²) in [5.74, 6) is 0.773. The predicted octanol–water partition coefficient (Wildman–Crippen LogP) is 4.33. The lowest BCUT2D eigenvalue weighted by atomic mass is 10.1. The van der Waals surface area contributed by atoms with Crippen molar-refractivity contribution in [3.05, 3.63) is 35.1 Å². The highest BCUT2D eigenvalue weighted by Gasteiger charge is 2.35. The molecule has 1 rings (SSSR count). The number of carbonyl (C=O) groups excluding carboxylic acids is 1. The van der Waals surface area contributed by atoms with Gasteiger partial charge in [-0.2, -0.15) is 0 Å². The Labute approximate surface area is 110 Å². The van der Waals surface area contributed by atoms with E-state index in [-0.39, 0.29) is 5.78 Å². The highest BCUT2D eigenvalue weighted by molar-refractivity contribution is 5.99.